The van der Waals surface area contributed by atoms with E-state index in [0.717, 1.165) is 10.7 Å². The van der Waals surface area contributed by atoms with E-state index in [1.54, 1.807) is 18.2 Å². The number of nitrogens with zero attached hydrogens (tertiary/aromatic N) is 3. The third-order valence-corrected chi connectivity index (χ3v) is 8.50. The second-order valence-corrected chi connectivity index (χ2v) is 10.9. The molecule has 3 amide bonds. The van der Waals surface area contributed by atoms with Crippen molar-refractivity contribution < 1.29 is 33.4 Å². The molecule has 3 heterocycles. The molecule has 208 valence electrons. The van der Waals surface area contributed by atoms with E-state index in [2.05, 4.69) is 26.0 Å². The average molecular weight is 551 g/mol. The van der Waals surface area contributed by atoms with Crippen LogP contribution < -0.4 is 20.7 Å². The summed E-state index contributed by atoms with van der Waals surface area (Å²) in [6, 6.07) is 6.36. The quantitative estimate of drug-likeness (QED) is 0.348. The van der Waals surface area contributed by atoms with E-state index in [9.17, 15) is 28.7 Å². The van der Waals surface area contributed by atoms with Gasteiger partial charge in [-0.1, -0.05) is 6.07 Å². The third-order valence-electron chi connectivity index (χ3n) is 8.50. The number of carbonyl (C=O) groups excluding carboxylic acids is 3. The zero-order chi connectivity index (χ0) is 28.1. The Morgan fingerprint density at radius 1 is 1.07 bits per heavy atom. The Labute approximate surface area is 227 Å². The SMILES string of the molecule is O=C1COc2ccc(CNC(=O)c3cc(C(=O)NCC45CCC(C(=O)O)(CC4)CC5)n4ncc(F)c4n3)cc2N1. The van der Waals surface area contributed by atoms with E-state index in [-0.39, 0.29) is 41.5 Å². The maximum Gasteiger partial charge on any atom is 0.309 e. The zero-order valence-electron chi connectivity index (χ0n) is 21.5. The maximum atomic E-state index is 14.5. The van der Waals surface area contributed by atoms with Crippen molar-refractivity contribution in [3.63, 3.8) is 0 Å². The minimum atomic E-state index is -0.780. The Balaban J connectivity index is 1.17. The highest BCUT2D eigenvalue weighted by molar-refractivity contribution is 5.98. The van der Waals surface area contributed by atoms with Crippen LogP contribution in [0.4, 0.5) is 10.1 Å². The Kier molecular flexibility index (Phi) is 6.15. The molecule has 40 heavy (non-hydrogen) atoms. The van der Waals surface area contributed by atoms with Crippen molar-refractivity contribution >= 4 is 35.0 Å². The molecule has 0 atom stereocenters. The Bertz CT molecular complexity index is 1540. The van der Waals surface area contributed by atoms with Gasteiger partial charge in [-0.25, -0.2) is 13.9 Å². The number of aliphatic carboxylic acids is 1. The molecule has 0 spiro atoms. The van der Waals surface area contributed by atoms with Crippen LogP contribution in [0.3, 0.4) is 0 Å². The summed E-state index contributed by atoms with van der Waals surface area (Å²) in [5.41, 5.74) is -0.134. The number of benzene rings is 1. The Hall–Kier alpha value is -4.55. The van der Waals surface area contributed by atoms with Crippen LogP contribution in [0, 0.1) is 16.6 Å². The predicted molar refractivity (Wildman–Crippen MR) is 137 cm³/mol. The van der Waals surface area contributed by atoms with Gasteiger partial charge in [0.15, 0.2) is 18.1 Å². The van der Waals surface area contributed by atoms with E-state index < -0.39 is 29.0 Å². The first-order chi connectivity index (χ1) is 19.2. The number of rotatable bonds is 7. The number of anilines is 1. The largest absolute Gasteiger partial charge is 0.482 e. The zero-order valence-corrected chi connectivity index (χ0v) is 21.5. The highest BCUT2D eigenvalue weighted by Crippen LogP contribution is 2.56. The van der Waals surface area contributed by atoms with Gasteiger partial charge in [0.05, 0.1) is 17.3 Å². The lowest BCUT2D eigenvalue weighted by Crippen LogP contribution is -2.50. The molecule has 3 fully saturated rings. The molecule has 3 saturated carbocycles. The van der Waals surface area contributed by atoms with Crippen LogP contribution >= 0.6 is 0 Å². The molecule has 0 radical (unpaired) electrons. The first-order valence-corrected chi connectivity index (χ1v) is 13.1. The minimum Gasteiger partial charge on any atom is -0.482 e. The summed E-state index contributed by atoms with van der Waals surface area (Å²) in [6.45, 7) is 0.360. The van der Waals surface area contributed by atoms with Gasteiger partial charge in [0.1, 0.15) is 17.1 Å². The molecular formula is C27H27FN6O6. The van der Waals surface area contributed by atoms with E-state index in [1.807, 2.05) is 0 Å². The minimum absolute atomic E-state index is 0.0457. The number of ether oxygens (including phenoxy) is 1. The Morgan fingerprint density at radius 3 is 2.55 bits per heavy atom. The fourth-order valence-corrected chi connectivity index (χ4v) is 5.93. The first-order valence-electron chi connectivity index (χ1n) is 13.1. The molecule has 0 unspecified atom stereocenters. The van der Waals surface area contributed by atoms with Gasteiger partial charge in [0.25, 0.3) is 17.7 Å². The molecule has 12 nitrogen and oxygen atoms in total. The number of carboxylic acids is 1. The van der Waals surface area contributed by atoms with Crippen LogP contribution in [-0.2, 0) is 16.1 Å². The lowest BCUT2D eigenvalue weighted by Gasteiger charge is -2.51. The Morgan fingerprint density at radius 2 is 1.82 bits per heavy atom. The van der Waals surface area contributed by atoms with Crippen LogP contribution in [0.25, 0.3) is 5.65 Å². The number of carboxylic acid groups (broad SMARTS) is 1. The van der Waals surface area contributed by atoms with Crippen LogP contribution in [0.15, 0.2) is 30.5 Å². The molecule has 1 aliphatic heterocycles. The fourth-order valence-electron chi connectivity index (χ4n) is 5.93. The van der Waals surface area contributed by atoms with Crippen molar-refractivity contribution in [2.45, 2.75) is 45.1 Å². The molecule has 4 N–H and O–H groups in total. The number of aromatic nitrogens is 3. The summed E-state index contributed by atoms with van der Waals surface area (Å²) < 4.78 is 20.9. The van der Waals surface area contributed by atoms with Crippen LogP contribution in [0.1, 0.15) is 65.1 Å². The summed E-state index contributed by atoms with van der Waals surface area (Å²) in [4.78, 5) is 53.7. The maximum absolute atomic E-state index is 14.5. The highest BCUT2D eigenvalue weighted by Gasteiger charge is 2.52. The van der Waals surface area contributed by atoms with Gasteiger partial charge in [-0.15, -0.1) is 0 Å². The number of nitrogens with one attached hydrogen (secondary N) is 3. The highest BCUT2D eigenvalue weighted by atomic mass is 19.1. The summed E-state index contributed by atoms with van der Waals surface area (Å²) in [5.74, 6) is -2.45. The van der Waals surface area contributed by atoms with Crippen molar-refractivity contribution in [1.29, 1.82) is 0 Å². The molecule has 0 saturated heterocycles. The van der Waals surface area contributed by atoms with E-state index in [0.29, 0.717) is 62.1 Å². The van der Waals surface area contributed by atoms with Gasteiger partial charge in [-0.2, -0.15) is 5.10 Å². The van der Waals surface area contributed by atoms with Crippen molar-refractivity contribution in [2.75, 3.05) is 18.5 Å². The summed E-state index contributed by atoms with van der Waals surface area (Å²) in [6.07, 6.45) is 4.77. The summed E-state index contributed by atoms with van der Waals surface area (Å²) >= 11 is 0. The van der Waals surface area contributed by atoms with Crippen LogP contribution in [-0.4, -0.2) is 56.5 Å². The average Bonchev–Trinajstić information content (AvgIpc) is 3.35. The van der Waals surface area contributed by atoms with Gasteiger partial charge in [0, 0.05) is 19.2 Å². The smallest absolute Gasteiger partial charge is 0.309 e. The van der Waals surface area contributed by atoms with Gasteiger partial charge in [0.2, 0.25) is 0 Å². The number of amides is 3. The van der Waals surface area contributed by atoms with Crippen molar-refractivity contribution in [1.82, 2.24) is 25.2 Å². The monoisotopic (exact) mass is 550 g/mol. The standard InChI is InChI=1S/C27H27FN6O6/c28-16-12-31-34-19(24(37)30-14-26-3-6-27(7-4-26,8-5-26)25(38)39)10-18(33-22(16)34)23(36)29-11-15-1-2-20-17(9-15)32-21(35)13-40-20/h1-2,9-10,12H,3-8,11,13-14H2,(H,29,36)(H,30,37)(H,32,35)(H,38,39). The van der Waals surface area contributed by atoms with Crippen LogP contribution in [0.2, 0.25) is 0 Å². The van der Waals surface area contributed by atoms with Crippen molar-refractivity contribution in [3.05, 3.63) is 53.2 Å². The molecule has 2 bridgehead atoms. The third kappa shape index (κ3) is 4.50. The second kappa shape index (κ2) is 9.57. The molecule has 3 aromatic rings. The summed E-state index contributed by atoms with van der Waals surface area (Å²) in [5, 5.41) is 21.9. The molecule has 2 aromatic heterocycles. The number of hydrogen-bond donors (Lipinski definition) is 4. The van der Waals surface area contributed by atoms with Crippen molar-refractivity contribution in [3.8, 4) is 5.75 Å². The van der Waals surface area contributed by atoms with E-state index in [4.69, 9.17) is 4.74 Å². The lowest BCUT2D eigenvalue weighted by molar-refractivity contribution is -0.158. The number of hydrogen-bond acceptors (Lipinski definition) is 7. The number of halogens is 1. The van der Waals surface area contributed by atoms with Gasteiger partial charge < -0.3 is 25.8 Å². The lowest BCUT2D eigenvalue weighted by atomic mass is 9.53. The topological polar surface area (TPSA) is 164 Å². The second-order valence-electron chi connectivity index (χ2n) is 10.9. The first kappa shape index (κ1) is 25.7. The molecule has 3 aliphatic carbocycles. The number of fused-ring (bicyclic) bond motifs is 5. The summed E-state index contributed by atoms with van der Waals surface area (Å²) in [7, 11) is 0. The van der Waals surface area contributed by atoms with Crippen LogP contribution in [0.5, 0.6) is 5.75 Å². The molecule has 7 rings (SSSR count). The normalized spacial score (nSPS) is 23.2. The van der Waals surface area contributed by atoms with Gasteiger partial charge >= 0.3 is 5.97 Å². The molecular weight excluding hydrogens is 523 g/mol. The number of carbonyl (C=O) groups is 4. The molecule has 1 aromatic carbocycles. The van der Waals surface area contributed by atoms with Gasteiger partial charge in [-0.05, 0) is 61.6 Å². The fraction of sp³-hybridized carbons (Fsp3) is 0.407. The molecule has 13 heteroatoms. The molecule has 4 aliphatic rings. The van der Waals surface area contributed by atoms with Gasteiger partial charge in [-0.3, -0.25) is 19.2 Å². The van der Waals surface area contributed by atoms with E-state index in [1.165, 1.54) is 6.07 Å². The predicted octanol–water partition coefficient (Wildman–Crippen LogP) is 2.28. The van der Waals surface area contributed by atoms with E-state index >= 15 is 0 Å². The van der Waals surface area contributed by atoms with Crippen molar-refractivity contribution in [2.24, 2.45) is 10.8 Å².